The van der Waals surface area contributed by atoms with Crippen molar-refractivity contribution in [1.82, 2.24) is 20.7 Å². The fourth-order valence-electron chi connectivity index (χ4n) is 2.08. The third kappa shape index (κ3) is 3.69. The van der Waals surface area contributed by atoms with Crippen LogP contribution in [0, 0.1) is 5.82 Å². The van der Waals surface area contributed by atoms with Crippen molar-refractivity contribution in [3.8, 4) is 0 Å². The van der Waals surface area contributed by atoms with Crippen LogP contribution in [0.15, 0.2) is 48.5 Å². The van der Waals surface area contributed by atoms with E-state index in [0.29, 0.717) is 5.02 Å². The summed E-state index contributed by atoms with van der Waals surface area (Å²) in [6.07, 6.45) is 0. The third-order valence-electron chi connectivity index (χ3n) is 3.23. The molecule has 0 atom stereocenters. The van der Waals surface area contributed by atoms with E-state index < -0.39 is 11.7 Å². The van der Waals surface area contributed by atoms with Gasteiger partial charge >= 0.3 is 0 Å². The Morgan fingerprint density at radius 1 is 1.17 bits per heavy atom. The molecule has 1 amide bonds. The summed E-state index contributed by atoms with van der Waals surface area (Å²) < 4.78 is 13.7. The number of aromatic amines is 1. The Balaban J connectivity index is 1.70. The molecule has 0 aliphatic rings. The van der Waals surface area contributed by atoms with Gasteiger partial charge < -0.3 is 10.6 Å². The van der Waals surface area contributed by atoms with Gasteiger partial charge in [-0.25, -0.2) is 4.39 Å². The summed E-state index contributed by atoms with van der Waals surface area (Å²) in [4.78, 5) is 12.3. The van der Waals surface area contributed by atoms with Crippen LogP contribution in [0.2, 0.25) is 5.02 Å². The lowest BCUT2D eigenvalue weighted by Crippen LogP contribution is -2.24. The summed E-state index contributed by atoms with van der Waals surface area (Å²) in [5.41, 5.74) is 1.10. The van der Waals surface area contributed by atoms with Gasteiger partial charge in [-0.05, 0) is 29.8 Å². The molecule has 2 aromatic carbocycles. The van der Waals surface area contributed by atoms with Crippen LogP contribution in [-0.2, 0) is 6.54 Å². The van der Waals surface area contributed by atoms with Gasteiger partial charge in [-0.2, -0.15) is 5.21 Å². The highest BCUT2D eigenvalue weighted by molar-refractivity contribution is 6.30. The maximum Gasteiger partial charge on any atom is 0.275 e. The summed E-state index contributed by atoms with van der Waals surface area (Å²) in [6, 6.07) is 13.2. The topological polar surface area (TPSA) is 82.7 Å². The summed E-state index contributed by atoms with van der Waals surface area (Å²) in [5, 5.41) is 16.1. The molecule has 122 valence electrons. The van der Waals surface area contributed by atoms with Crippen molar-refractivity contribution in [1.29, 1.82) is 0 Å². The van der Waals surface area contributed by atoms with Crippen molar-refractivity contribution in [3.05, 3.63) is 70.6 Å². The molecule has 0 aliphatic heterocycles. The molecule has 1 heterocycles. The molecule has 0 aliphatic carbocycles. The van der Waals surface area contributed by atoms with Crippen LogP contribution in [0.1, 0.15) is 16.1 Å². The fourth-order valence-corrected chi connectivity index (χ4v) is 2.29. The van der Waals surface area contributed by atoms with E-state index >= 15 is 0 Å². The second-order valence-corrected chi connectivity index (χ2v) is 5.37. The number of anilines is 2. The molecule has 0 bridgehead atoms. The molecule has 3 N–H and O–H groups in total. The normalized spacial score (nSPS) is 10.4. The SMILES string of the molecule is O=C(NCc1cccc(Cl)c1)c1n[nH]nc1Nc1ccccc1F. The van der Waals surface area contributed by atoms with Crippen molar-refractivity contribution < 1.29 is 9.18 Å². The Morgan fingerprint density at radius 3 is 2.79 bits per heavy atom. The molecule has 0 unspecified atom stereocenters. The number of amides is 1. The molecule has 6 nitrogen and oxygen atoms in total. The first kappa shape index (κ1) is 15.9. The maximum atomic E-state index is 13.7. The molecule has 24 heavy (non-hydrogen) atoms. The quantitative estimate of drug-likeness (QED) is 0.662. The van der Waals surface area contributed by atoms with Gasteiger partial charge in [-0.1, -0.05) is 35.9 Å². The van der Waals surface area contributed by atoms with Crippen LogP contribution in [0.5, 0.6) is 0 Å². The number of hydrogen-bond donors (Lipinski definition) is 3. The first-order chi connectivity index (χ1) is 11.6. The molecule has 0 radical (unpaired) electrons. The van der Waals surface area contributed by atoms with Crippen molar-refractivity contribution >= 4 is 29.0 Å². The summed E-state index contributed by atoms with van der Waals surface area (Å²) in [5.74, 6) is -0.753. The highest BCUT2D eigenvalue weighted by Gasteiger charge is 2.17. The van der Waals surface area contributed by atoms with Crippen molar-refractivity contribution in [2.75, 3.05) is 5.32 Å². The first-order valence-electron chi connectivity index (χ1n) is 7.08. The van der Waals surface area contributed by atoms with Gasteiger partial charge in [0.15, 0.2) is 11.5 Å². The number of rotatable bonds is 5. The van der Waals surface area contributed by atoms with Gasteiger partial charge in [0.2, 0.25) is 0 Å². The van der Waals surface area contributed by atoms with E-state index in [4.69, 9.17) is 11.6 Å². The number of nitrogens with zero attached hydrogens (tertiary/aromatic N) is 2. The predicted molar refractivity (Wildman–Crippen MR) is 88.7 cm³/mol. The number of hydrogen-bond acceptors (Lipinski definition) is 4. The van der Waals surface area contributed by atoms with Gasteiger partial charge in [0.1, 0.15) is 5.82 Å². The van der Waals surface area contributed by atoms with E-state index in [-0.39, 0.29) is 23.7 Å². The van der Waals surface area contributed by atoms with E-state index in [1.165, 1.54) is 12.1 Å². The first-order valence-corrected chi connectivity index (χ1v) is 7.46. The van der Waals surface area contributed by atoms with E-state index in [0.717, 1.165) is 5.56 Å². The minimum absolute atomic E-state index is 0.0419. The monoisotopic (exact) mass is 345 g/mol. The van der Waals surface area contributed by atoms with Gasteiger partial charge in [-0.15, -0.1) is 10.2 Å². The van der Waals surface area contributed by atoms with E-state index in [9.17, 15) is 9.18 Å². The minimum atomic E-state index is -0.453. The van der Waals surface area contributed by atoms with Crippen molar-refractivity contribution in [2.24, 2.45) is 0 Å². The molecule has 0 saturated heterocycles. The van der Waals surface area contributed by atoms with Crippen molar-refractivity contribution in [2.45, 2.75) is 6.54 Å². The average Bonchev–Trinajstić information content (AvgIpc) is 3.03. The third-order valence-corrected chi connectivity index (χ3v) is 3.47. The zero-order valence-corrected chi connectivity index (χ0v) is 13.1. The Hall–Kier alpha value is -2.93. The highest BCUT2D eigenvalue weighted by atomic mass is 35.5. The van der Waals surface area contributed by atoms with Crippen LogP contribution in [-0.4, -0.2) is 21.3 Å². The van der Waals surface area contributed by atoms with Crippen molar-refractivity contribution in [3.63, 3.8) is 0 Å². The Labute approximate surface area is 142 Å². The maximum absolute atomic E-state index is 13.7. The van der Waals surface area contributed by atoms with Gasteiger partial charge in [0.05, 0.1) is 5.69 Å². The second-order valence-electron chi connectivity index (χ2n) is 4.94. The van der Waals surface area contributed by atoms with Crippen LogP contribution in [0.25, 0.3) is 0 Å². The molecule has 0 fully saturated rings. The van der Waals surface area contributed by atoms with Gasteiger partial charge in [0, 0.05) is 11.6 Å². The lowest BCUT2D eigenvalue weighted by atomic mass is 10.2. The number of H-pyrrole nitrogens is 1. The summed E-state index contributed by atoms with van der Waals surface area (Å²) >= 11 is 5.90. The number of benzene rings is 2. The number of nitrogens with one attached hydrogen (secondary N) is 3. The zero-order valence-electron chi connectivity index (χ0n) is 12.4. The van der Waals surface area contributed by atoms with Crippen LogP contribution >= 0.6 is 11.6 Å². The zero-order chi connectivity index (χ0) is 16.9. The number of aromatic nitrogens is 3. The molecule has 3 rings (SSSR count). The Kier molecular flexibility index (Phi) is 4.72. The summed E-state index contributed by atoms with van der Waals surface area (Å²) in [6.45, 7) is 0.283. The van der Waals surface area contributed by atoms with Crippen LogP contribution < -0.4 is 10.6 Å². The Bertz CT molecular complexity index is 867. The molecule has 8 heteroatoms. The van der Waals surface area contributed by atoms with Crippen LogP contribution in [0.4, 0.5) is 15.9 Å². The molecule has 0 saturated carbocycles. The second kappa shape index (κ2) is 7.10. The number of halogens is 2. The minimum Gasteiger partial charge on any atom is -0.346 e. The number of carbonyl (C=O) groups excluding carboxylic acids is 1. The fraction of sp³-hybridized carbons (Fsp3) is 0.0625. The lowest BCUT2D eigenvalue weighted by Gasteiger charge is -2.07. The van der Waals surface area contributed by atoms with Gasteiger partial charge in [-0.3, -0.25) is 4.79 Å². The summed E-state index contributed by atoms with van der Waals surface area (Å²) in [7, 11) is 0. The molecule has 0 spiro atoms. The van der Waals surface area contributed by atoms with E-state index in [2.05, 4.69) is 26.0 Å². The standard InChI is InChI=1S/C16H13ClFN5O/c17-11-5-3-4-10(8-11)9-19-16(24)14-15(22-23-21-14)20-13-7-2-1-6-12(13)18/h1-8H,9H2,(H,19,24)(H2,20,21,22,23). The molecular weight excluding hydrogens is 333 g/mol. The number of carbonyl (C=O) groups is 1. The molecule has 3 aromatic rings. The number of para-hydroxylation sites is 1. The lowest BCUT2D eigenvalue weighted by molar-refractivity contribution is 0.0946. The predicted octanol–water partition coefficient (Wildman–Crippen LogP) is 3.27. The van der Waals surface area contributed by atoms with E-state index in [1.54, 1.807) is 30.3 Å². The van der Waals surface area contributed by atoms with E-state index in [1.807, 2.05) is 6.07 Å². The highest BCUT2D eigenvalue weighted by Crippen LogP contribution is 2.19. The Morgan fingerprint density at radius 2 is 2.00 bits per heavy atom. The molecular formula is C16H13ClFN5O. The van der Waals surface area contributed by atoms with Gasteiger partial charge in [0.25, 0.3) is 5.91 Å². The molecule has 1 aromatic heterocycles. The van der Waals surface area contributed by atoms with Crippen LogP contribution in [0.3, 0.4) is 0 Å². The largest absolute Gasteiger partial charge is 0.346 e. The smallest absolute Gasteiger partial charge is 0.275 e. The average molecular weight is 346 g/mol.